The van der Waals surface area contributed by atoms with E-state index in [1.54, 1.807) is 9.80 Å². The van der Waals surface area contributed by atoms with E-state index in [4.69, 9.17) is 16.3 Å². The number of halogens is 1. The molecule has 142 valence electrons. The van der Waals surface area contributed by atoms with Crippen LogP contribution in [0.3, 0.4) is 0 Å². The number of carbonyl (C=O) groups excluding carboxylic acids is 3. The SMILES string of the molecule is CC(C)(C)OC(=O)N1CCC[C@H]1C(=O)N1CCC(NC(=O)CCl)CC1. The topological polar surface area (TPSA) is 79.0 Å². The lowest BCUT2D eigenvalue weighted by atomic mass is 10.0. The number of rotatable bonds is 3. The third-order valence-electron chi connectivity index (χ3n) is 4.46. The summed E-state index contributed by atoms with van der Waals surface area (Å²) in [5.41, 5.74) is -0.577. The molecular formula is C17H28ClN3O4. The van der Waals surface area contributed by atoms with E-state index in [1.807, 2.05) is 20.8 Å². The van der Waals surface area contributed by atoms with Gasteiger partial charge in [-0.2, -0.15) is 0 Å². The molecule has 0 aliphatic carbocycles. The molecule has 0 bridgehead atoms. The van der Waals surface area contributed by atoms with Crippen LogP contribution in [-0.2, 0) is 14.3 Å². The highest BCUT2D eigenvalue weighted by Crippen LogP contribution is 2.24. The summed E-state index contributed by atoms with van der Waals surface area (Å²) in [5.74, 6) is -0.254. The van der Waals surface area contributed by atoms with E-state index >= 15 is 0 Å². The van der Waals surface area contributed by atoms with Crippen molar-refractivity contribution in [2.45, 2.75) is 64.1 Å². The molecule has 1 N–H and O–H groups in total. The zero-order valence-corrected chi connectivity index (χ0v) is 16.0. The van der Waals surface area contributed by atoms with Crippen LogP contribution in [0.5, 0.6) is 0 Å². The van der Waals surface area contributed by atoms with Gasteiger partial charge in [0, 0.05) is 25.7 Å². The van der Waals surface area contributed by atoms with Crippen LogP contribution in [0, 0.1) is 0 Å². The fraction of sp³-hybridized carbons (Fsp3) is 0.824. The van der Waals surface area contributed by atoms with E-state index in [0.717, 1.165) is 6.42 Å². The van der Waals surface area contributed by atoms with Crippen molar-refractivity contribution in [2.24, 2.45) is 0 Å². The first-order valence-electron chi connectivity index (χ1n) is 8.85. The molecule has 2 saturated heterocycles. The number of piperidine rings is 1. The molecule has 0 aromatic carbocycles. The molecule has 7 nitrogen and oxygen atoms in total. The number of nitrogens with one attached hydrogen (secondary N) is 1. The highest BCUT2D eigenvalue weighted by Gasteiger charge is 2.39. The summed E-state index contributed by atoms with van der Waals surface area (Å²) in [6, 6.07) is -0.385. The summed E-state index contributed by atoms with van der Waals surface area (Å²) in [6.07, 6.45) is 2.45. The summed E-state index contributed by atoms with van der Waals surface area (Å²) < 4.78 is 5.42. The van der Waals surface area contributed by atoms with Gasteiger partial charge in [0.05, 0.1) is 0 Å². The third-order valence-corrected chi connectivity index (χ3v) is 4.70. The number of alkyl halides is 1. The number of likely N-dealkylation sites (tertiary alicyclic amines) is 2. The van der Waals surface area contributed by atoms with Crippen molar-refractivity contribution in [1.82, 2.24) is 15.1 Å². The van der Waals surface area contributed by atoms with Gasteiger partial charge < -0.3 is 15.0 Å². The molecule has 0 aromatic heterocycles. The maximum absolute atomic E-state index is 12.8. The fourth-order valence-electron chi connectivity index (χ4n) is 3.28. The van der Waals surface area contributed by atoms with E-state index in [9.17, 15) is 14.4 Å². The molecule has 0 unspecified atom stereocenters. The third kappa shape index (κ3) is 5.49. The average molecular weight is 374 g/mol. The fourth-order valence-corrected chi connectivity index (χ4v) is 3.36. The summed E-state index contributed by atoms with van der Waals surface area (Å²) >= 11 is 5.50. The molecule has 0 spiro atoms. The molecule has 0 radical (unpaired) electrons. The molecule has 2 aliphatic rings. The Balaban J connectivity index is 1.89. The van der Waals surface area contributed by atoms with E-state index in [0.29, 0.717) is 38.9 Å². The van der Waals surface area contributed by atoms with Crippen molar-refractivity contribution in [1.29, 1.82) is 0 Å². The average Bonchev–Trinajstić information content (AvgIpc) is 3.03. The molecule has 2 heterocycles. The smallest absolute Gasteiger partial charge is 0.410 e. The lowest BCUT2D eigenvalue weighted by molar-refractivity contribution is -0.137. The largest absolute Gasteiger partial charge is 0.444 e. The molecule has 0 aromatic rings. The number of ether oxygens (including phenoxy) is 1. The first-order valence-corrected chi connectivity index (χ1v) is 9.38. The van der Waals surface area contributed by atoms with Crippen molar-refractivity contribution in [3.8, 4) is 0 Å². The van der Waals surface area contributed by atoms with Gasteiger partial charge in [0.2, 0.25) is 11.8 Å². The minimum absolute atomic E-state index is 0.0227. The minimum Gasteiger partial charge on any atom is -0.444 e. The Bertz CT molecular complexity index is 513. The number of nitrogens with zero attached hydrogens (tertiary/aromatic N) is 2. The summed E-state index contributed by atoms with van der Waals surface area (Å²) in [4.78, 5) is 39.9. The first kappa shape index (κ1) is 19.8. The monoisotopic (exact) mass is 373 g/mol. The van der Waals surface area contributed by atoms with Crippen LogP contribution in [0.2, 0.25) is 0 Å². The molecule has 2 fully saturated rings. The van der Waals surface area contributed by atoms with Crippen molar-refractivity contribution in [3.05, 3.63) is 0 Å². The normalized spacial score (nSPS) is 22.0. The first-order chi connectivity index (χ1) is 11.7. The summed E-state index contributed by atoms with van der Waals surface area (Å²) in [7, 11) is 0. The molecule has 1 atom stereocenters. The van der Waals surface area contributed by atoms with Gasteiger partial charge in [-0.1, -0.05) is 0 Å². The predicted octanol–water partition coefficient (Wildman–Crippen LogP) is 1.73. The highest BCUT2D eigenvalue weighted by molar-refractivity contribution is 6.27. The highest BCUT2D eigenvalue weighted by atomic mass is 35.5. The molecule has 0 saturated carbocycles. The second kappa shape index (κ2) is 8.25. The summed E-state index contributed by atoms with van der Waals surface area (Å²) in [6.45, 7) is 7.15. The number of carbonyl (C=O) groups is 3. The number of amides is 3. The lowest BCUT2D eigenvalue weighted by Crippen LogP contribution is -2.53. The van der Waals surface area contributed by atoms with E-state index in [1.165, 1.54) is 0 Å². The van der Waals surface area contributed by atoms with Crippen LogP contribution in [-0.4, -0.2) is 70.9 Å². The Morgan fingerprint density at radius 3 is 2.32 bits per heavy atom. The van der Waals surface area contributed by atoms with Crippen molar-refractivity contribution in [2.75, 3.05) is 25.5 Å². The van der Waals surface area contributed by atoms with Crippen LogP contribution in [0.4, 0.5) is 4.79 Å². The number of hydrogen-bond acceptors (Lipinski definition) is 4. The molecule has 8 heteroatoms. The second-order valence-corrected chi connectivity index (χ2v) is 7.90. The Labute approximate surface area is 154 Å². The standard InChI is InChI=1S/C17H28ClN3O4/c1-17(2,3)25-16(24)21-8-4-5-13(21)15(23)20-9-6-12(7-10-20)19-14(22)11-18/h12-13H,4-11H2,1-3H3,(H,19,22)/t13-/m0/s1. The Morgan fingerprint density at radius 1 is 1.12 bits per heavy atom. The Kier molecular flexibility index (Phi) is 6.54. The zero-order valence-electron chi connectivity index (χ0n) is 15.2. The van der Waals surface area contributed by atoms with Crippen LogP contribution in [0.1, 0.15) is 46.5 Å². The minimum atomic E-state index is -0.577. The Morgan fingerprint density at radius 2 is 1.76 bits per heavy atom. The molecule has 2 aliphatic heterocycles. The van der Waals surface area contributed by atoms with Crippen molar-refractivity contribution >= 4 is 29.5 Å². The van der Waals surface area contributed by atoms with Gasteiger partial charge in [-0.05, 0) is 46.5 Å². The quantitative estimate of drug-likeness (QED) is 0.764. The van der Waals surface area contributed by atoms with Gasteiger partial charge in [0.15, 0.2) is 0 Å². The molecule has 25 heavy (non-hydrogen) atoms. The second-order valence-electron chi connectivity index (χ2n) is 7.63. The van der Waals surface area contributed by atoms with Crippen LogP contribution >= 0.6 is 11.6 Å². The predicted molar refractivity (Wildman–Crippen MR) is 94.4 cm³/mol. The van der Waals surface area contributed by atoms with Gasteiger partial charge in [0.25, 0.3) is 0 Å². The van der Waals surface area contributed by atoms with Crippen molar-refractivity contribution < 1.29 is 19.1 Å². The maximum atomic E-state index is 12.8. The maximum Gasteiger partial charge on any atom is 0.410 e. The molecule has 3 amide bonds. The van der Waals surface area contributed by atoms with Gasteiger partial charge in [-0.3, -0.25) is 14.5 Å². The summed E-state index contributed by atoms with van der Waals surface area (Å²) in [5, 5.41) is 2.86. The van der Waals surface area contributed by atoms with Crippen LogP contribution in [0.25, 0.3) is 0 Å². The van der Waals surface area contributed by atoms with Gasteiger partial charge >= 0.3 is 6.09 Å². The van der Waals surface area contributed by atoms with Crippen LogP contribution in [0.15, 0.2) is 0 Å². The zero-order chi connectivity index (χ0) is 18.6. The van der Waals surface area contributed by atoms with Crippen molar-refractivity contribution in [3.63, 3.8) is 0 Å². The van der Waals surface area contributed by atoms with Gasteiger partial charge in [-0.25, -0.2) is 4.79 Å². The van der Waals surface area contributed by atoms with Gasteiger partial charge in [0.1, 0.15) is 17.5 Å². The van der Waals surface area contributed by atoms with E-state index in [-0.39, 0.29) is 23.7 Å². The molecule has 2 rings (SSSR count). The number of hydrogen-bond donors (Lipinski definition) is 1. The van der Waals surface area contributed by atoms with E-state index < -0.39 is 17.7 Å². The van der Waals surface area contributed by atoms with Crippen LogP contribution < -0.4 is 5.32 Å². The lowest BCUT2D eigenvalue weighted by Gasteiger charge is -2.36. The molecular weight excluding hydrogens is 346 g/mol. The Hall–Kier alpha value is -1.50. The van der Waals surface area contributed by atoms with Gasteiger partial charge in [-0.15, -0.1) is 11.6 Å². The van der Waals surface area contributed by atoms with E-state index in [2.05, 4.69) is 5.32 Å².